The van der Waals surface area contributed by atoms with Gasteiger partial charge in [-0.15, -0.1) is 0 Å². The highest BCUT2D eigenvalue weighted by Gasteiger charge is 2.25. The number of hydrogen-bond acceptors (Lipinski definition) is 4. The number of nitrogens with one attached hydrogen (secondary N) is 1. The third kappa shape index (κ3) is 2.87. The van der Waals surface area contributed by atoms with E-state index in [2.05, 4.69) is 43.1 Å². The first-order chi connectivity index (χ1) is 8.08. The van der Waals surface area contributed by atoms with Crippen molar-refractivity contribution in [2.45, 2.75) is 59.3 Å². The van der Waals surface area contributed by atoms with Crippen molar-refractivity contribution in [3.8, 4) is 0 Å². The molecular formula is C13H23N3O. The number of nitrogens with zero attached hydrogens (tertiary/aromatic N) is 2. The molecule has 4 nitrogen and oxygen atoms in total. The molecule has 0 saturated carbocycles. The lowest BCUT2D eigenvalue weighted by Crippen LogP contribution is -2.36. The summed E-state index contributed by atoms with van der Waals surface area (Å²) >= 11 is 0. The first kappa shape index (κ1) is 12.6. The molecule has 2 heterocycles. The molecule has 0 unspecified atom stereocenters. The Labute approximate surface area is 103 Å². The van der Waals surface area contributed by atoms with Gasteiger partial charge in [-0.05, 0) is 13.8 Å². The quantitative estimate of drug-likeness (QED) is 0.869. The van der Waals surface area contributed by atoms with Crippen molar-refractivity contribution >= 4 is 0 Å². The summed E-state index contributed by atoms with van der Waals surface area (Å²) in [6.07, 6.45) is 0.988. The van der Waals surface area contributed by atoms with Gasteiger partial charge in [0.2, 0.25) is 0 Å². The van der Waals surface area contributed by atoms with E-state index in [0.717, 1.165) is 37.5 Å². The average molecular weight is 237 g/mol. The molecule has 0 aromatic carbocycles. The summed E-state index contributed by atoms with van der Waals surface area (Å²) in [5.74, 6) is 1.09. The monoisotopic (exact) mass is 237 g/mol. The lowest BCUT2D eigenvalue weighted by Gasteiger charge is -2.29. The Balaban J connectivity index is 2.08. The first-order valence-corrected chi connectivity index (χ1v) is 6.51. The van der Waals surface area contributed by atoms with Crippen LogP contribution in [0.1, 0.15) is 44.7 Å². The van der Waals surface area contributed by atoms with Crippen molar-refractivity contribution in [2.75, 3.05) is 6.54 Å². The highest BCUT2D eigenvalue weighted by Crippen LogP contribution is 2.23. The molecule has 1 aromatic rings. The van der Waals surface area contributed by atoms with E-state index in [9.17, 15) is 0 Å². The maximum absolute atomic E-state index is 5.43. The normalized spacial score (nSPS) is 16.8. The Morgan fingerprint density at radius 1 is 1.35 bits per heavy atom. The molecule has 96 valence electrons. The number of hydrogen-bond donors (Lipinski definition) is 1. The zero-order chi connectivity index (χ0) is 12.4. The Hall–Kier alpha value is -0.870. The maximum atomic E-state index is 5.43. The van der Waals surface area contributed by atoms with E-state index >= 15 is 0 Å². The molecule has 1 aliphatic heterocycles. The smallest absolute Gasteiger partial charge is 0.142 e. The molecular weight excluding hydrogens is 214 g/mol. The van der Waals surface area contributed by atoms with Crippen molar-refractivity contribution in [1.82, 2.24) is 15.4 Å². The molecule has 0 spiro atoms. The summed E-state index contributed by atoms with van der Waals surface area (Å²) in [7, 11) is 0. The van der Waals surface area contributed by atoms with Gasteiger partial charge in [-0.2, -0.15) is 0 Å². The highest BCUT2D eigenvalue weighted by molar-refractivity contribution is 5.25. The van der Waals surface area contributed by atoms with Gasteiger partial charge in [0, 0.05) is 43.7 Å². The third-order valence-corrected chi connectivity index (χ3v) is 3.35. The minimum absolute atomic E-state index is 0.479. The van der Waals surface area contributed by atoms with Gasteiger partial charge in [-0.3, -0.25) is 4.90 Å². The second-order valence-electron chi connectivity index (χ2n) is 5.38. The number of fused-ring (bicyclic) bond motifs is 1. The fourth-order valence-electron chi connectivity index (χ4n) is 2.17. The van der Waals surface area contributed by atoms with Crippen LogP contribution in [-0.2, 0) is 19.5 Å². The molecule has 17 heavy (non-hydrogen) atoms. The molecule has 4 heteroatoms. The molecule has 0 fully saturated rings. The maximum Gasteiger partial charge on any atom is 0.142 e. The molecule has 0 bridgehead atoms. The molecule has 0 saturated heterocycles. The van der Waals surface area contributed by atoms with E-state index in [4.69, 9.17) is 4.52 Å². The predicted molar refractivity (Wildman–Crippen MR) is 67.7 cm³/mol. The molecule has 0 atom stereocenters. The zero-order valence-corrected chi connectivity index (χ0v) is 11.3. The van der Waals surface area contributed by atoms with Gasteiger partial charge in [-0.1, -0.05) is 19.0 Å². The van der Waals surface area contributed by atoms with Crippen LogP contribution < -0.4 is 5.32 Å². The summed E-state index contributed by atoms with van der Waals surface area (Å²) in [5, 5.41) is 7.60. The lowest BCUT2D eigenvalue weighted by atomic mass is 10.0. The Morgan fingerprint density at radius 2 is 2.12 bits per heavy atom. The Morgan fingerprint density at radius 3 is 2.76 bits per heavy atom. The molecule has 1 N–H and O–H groups in total. The number of aromatic nitrogens is 1. The molecule has 0 aliphatic carbocycles. The fourth-order valence-corrected chi connectivity index (χ4v) is 2.17. The van der Waals surface area contributed by atoms with E-state index in [-0.39, 0.29) is 0 Å². The van der Waals surface area contributed by atoms with Crippen LogP contribution in [0.4, 0.5) is 0 Å². The fraction of sp³-hybridized carbons (Fsp3) is 0.769. The summed E-state index contributed by atoms with van der Waals surface area (Å²) in [6, 6.07) is 1.07. The van der Waals surface area contributed by atoms with E-state index in [1.165, 1.54) is 5.56 Å². The van der Waals surface area contributed by atoms with Crippen molar-refractivity contribution in [2.24, 2.45) is 0 Å². The molecule has 1 aromatic heterocycles. The van der Waals surface area contributed by atoms with Crippen LogP contribution >= 0.6 is 0 Å². The topological polar surface area (TPSA) is 41.3 Å². The summed E-state index contributed by atoms with van der Waals surface area (Å²) in [5.41, 5.74) is 2.39. The molecule has 0 radical (unpaired) electrons. The zero-order valence-electron chi connectivity index (χ0n) is 11.3. The van der Waals surface area contributed by atoms with Crippen LogP contribution in [0.25, 0.3) is 0 Å². The van der Waals surface area contributed by atoms with Crippen LogP contribution in [0.2, 0.25) is 0 Å². The van der Waals surface area contributed by atoms with Crippen molar-refractivity contribution in [3.63, 3.8) is 0 Å². The molecule has 1 aliphatic rings. The predicted octanol–water partition coefficient (Wildman–Crippen LogP) is 1.94. The van der Waals surface area contributed by atoms with Crippen molar-refractivity contribution < 1.29 is 4.52 Å². The minimum atomic E-state index is 0.479. The van der Waals surface area contributed by atoms with Crippen LogP contribution in [0.15, 0.2) is 4.52 Å². The Bertz CT molecular complexity index is 371. The van der Waals surface area contributed by atoms with E-state index in [1.807, 2.05) is 0 Å². The van der Waals surface area contributed by atoms with Crippen LogP contribution in [0.3, 0.4) is 0 Å². The van der Waals surface area contributed by atoms with Gasteiger partial charge < -0.3 is 9.84 Å². The Kier molecular flexibility index (Phi) is 3.84. The standard InChI is InChI=1S/C13H23N3O/c1-9(2)14-7-12-11-8-16(10(3)4)6-5-13(11)17-15-12/h9-10,14H,5-8H2,1-4H3. The summed E-state index contributed by atoms with van der Waals surface area (Å²) < 4.78 is 5.43. The van der Waals surface area contributed by atoms with E-state index in [1.54, 1.807) is 0 Å². The average Bonchev–Trinajstić information content (AvgIpc) is 2.68. The lowest BCUT2D eigenvalue weighted by molar-refractivity contribution is 0.192. The van der Waals surface area contributed by atoms with E-state index in [0.29, 0.717) is 12.1 Å². The van der Waals surface area contributed by atoms with Crippen LogP contribution in [0, 0.1) is 0 Å². The number of rotatable bonds is 4. The van der Waals surface area contributed by atoms with Crippen molar-refractivity contribution in [3.05, 3.63) is 17.0 Å². The van der Waals surface area contributed by atoms with E-state index < -0.39 is 0 Å². The van der Waals surface area contributed by atoms with Gasteiger partial charge in [0.15, 0.2) is 0 Å². The summed E-state index contributed by atoms with van der Waals surface area (Å²) in [6.45, 7) is 11.6. The van der Waals surface area contributed by atoms with Gasteiger partial charge >= 0.3 is 0 Å². The molecule has 0 amide bonds. The molecule has 2 rings (SSSR count). The largest absolute Gasteiger partial charge is 0.361 e. The van der Waals surface area contributed by atoms with Gasteiger partial charge in [0.1, 0.15) is 11.5 Å². The van der Waals surface area contributed by atoms with Gasteiger partial charge in [-0.25, -0.2) is 0 Å². The van der Waals surface area contributed by atoms with Crippen LogP contribution in [0.5, 0.6) is 0 Å². The van der Waals surface area contributed by atoms with Crippen molar-refractivity contribution in [1.29, 1.82) is 0 Å². The van der Waals surface area contributed by atoms with Gasteiger partial charge in [0.05, 0.1) is 0 Å². The SMILES string of the molecule is CC(C)NCc1noc2c1CN(C(C)C)CC2. The minimum Gasteiger partial charge on any atom is -0.361 e. The third-order valence-electron chi connectivity index (χ3n) is 3.35. The van der Waals surface area contributed by atoms with Crippen LogP contribution in [-0.4, -0.2) is 28.7 Å². The summed E-state index contributed by atoms with van der Waals surface area (Å²) in [4.78, 5) is 2.47. The highest BCUT2D eigenvalue weighted by atomic mass is 16.5. The first-order valence-electron chi connectivity index (χ1n) is 6.51. The second-order valence-corrected chi connectivity index (χ2v) is 5.38. The van der Waals surface area contributed by atoms with Gasteiger partial charge in [0.25, 0.3) is 0 Å². The second kappa shape index (κ2) is 5.19.